The van der Waals surface area contributed by atoms with E-state index in [9.17, 15) is 4.79 Å². The zero-order chi connectivity index (χ0) is 20.8. The maximum atomic E-state index is 13.7. The van der Waals surface area contributed by atoms with Gasteiger partial charge >= 0.3 is 0 Å². The van der Waals surface area contributed by atoms with Crippen molar-refractivity contribution in [3.63, 3.8) is 0 Å². The van der Waals surface area contributed by atoms with E-state index in [1.807, 2.05) is 29.2 Å². The second-order valence-electron chi connectivity index (χ2n) is 9.05. The van der Waals surface area contributed by atoms with Gasteiger partial charge in [-0.2, -0.15) is 0 Å². The summed E-state index contributed by atoms with van der Waals surface area (Å²) in [6, 6.07) is 18.5. The molecule has 1 aliphatic carbocycles. The van der Waals surface area contributed by atoms with Gasteiger partial charge in [-0.25, -0.2) is 0 Å². The van der Waals surface area contributed by atoms with Crippen molar-refractivity contribution in [2.45, 2.75) is 43.7 Å². The fourth-order valence-electron chi connectivity index (χ4n) is 5.53. The maximum Gasteiger partial charge on any atom is 0.293 e. The van der Waals surface area contributed by atoms with E-state index in [2.05, 4.69) is 40.1 Å². The molecule has 3 heterocycles. The lowest BCUT2D eigenvalue weighted by atomic mass is 9.95. The van der Waals surface area contributed by atoms with Gasteiger partial charge in [-0.1, -0.05) is 49.2 Å². The molecule has 6 rings (SSSR count). The van der Waals surface area contributed by atoms with Crippen LogP contribution in [0.3, 0.4) is 0 Å². The van der Waals surface area contributed by atoms with Crippen LogP contribution in [-0.2, 0) is 20.1 Å². The van der Waals surface area contributed by atoms with E-state index < -0.39 is 5.79 Å². The highest BCUT2D eigenvalue weighted by Crippen LogP contribution is 2.51. The van der Waals surface area contributed by atoms with Crippen LogP contribution in [0.5, 0.6) is 0 Å². The van der Waals surface area contributed by atoms with E-state index in [0.29, 0.717) is 6.67 Å². The number of rotatable bonds is 3. The standard InChI is InChI=1S/C25H29N3O3/c29-24-25(30-22-12-6-7-13-23(22)31-25)20-10-4-5-11-21(20)28(24)18-26-14-16-27(17-15-26)19-8-2-1-3-9-19/h1-5,8-11,22-23H,6-7,12-18H2. The van der Waals surface area contributed by atoms with Gasteiger partial charge in [-0.3, -0.25) is 14.6 Å². The van der Waals surface area contributed by atoms with Gasteiger partial charge in [0.1, 0.15) is 0 Å². The Kier molecular flexibility index (Phi) is 4.74. The molecule has 31 heavy (non-hydrogen) atoms. The summed E-state index contributed by atoms with van der Waals surface area (Å²) in [7, 11) is 0. The van der Waals surface area contributed by atoms with Crippen LogP contribution in [0.15, 0.2) is 54.6 Å². The minimum atomic E-state index is -1.25. The Morgan fingerprint density at radius 3 is 2.19 bits per heavy atom. The number of nitrogens with zero attached hydrogens (tertiary/aromatic N) is 3. The second-order valence-corrected chi connectivity index (χ2v) is 9.05. The van der Waals surface area contributed by atoms with Crippen LogP contribution in [0, 0.1) is 0 Å². The number of benzene rings is 2. The number of piperazine rings is 1. The zero-order valence-corrected chi connectivity index (χ0v) is 17.8. The number of amides is 1. The number of ether oxygens (including phenoxy) is 2. The van der Waals surface area contributed by atoms with Crippen LogP contribution in [-0.4, -0.2) is 55.9 Å². The molecular formula is C25H29N3O3. The van der Waals surface area contributed by atoms with Gasteiger partial charge in [-0.15, -0.1) is 0 Å². The third-order valence-electron chi connectivity index (χ3n) is 7.19. The Morgan fingerprint density at radius 2 is 1.48 bits per heavy atom. The molecule has 2 unspecified atom stereocenters. The number of hydrogen-bond acceptors (Lipinski definition) is 5. The summed E-state index contributed by atoms with van der Waals surface area (Å²) in [5.74, 6) is -1.31. The highest BCUT2D eigenvalue weighted by atomic mass is 16.8. The van der Waals surface area contributed by atoms with Gasteiger partial charge in [0.2, 0.25) is 0 Å². The number of para-hydroxylation sites is 2. The SMILES string of the molecule is O=C1N(CN2CCN(c3ccccc3)CC2)c2ccccc2C12OC1CCCCC1O2. The summed E-state index contributed by atoms with van der Waals surface area (Å²) in [5.41, 5.74) is 3.06. The van der Waals surface area contributed by atoms with E-state index >= 15 is 0 Å². The van der Waals surface area contributed by atoms with Crippen LogP contribution in [0.2, 0.25) is 0 Å². The fraction of sp³-hybridized carbons (Fsp3) is 0.480. The molecule has 2 aromatic carbocycles. The van der Waals surface area contributed by atoms with Crippen molar-refractivity contribution in [2.75, 3.05) is 42.6 Å². The molecule has 2 atom stereocenters. The molecule has 0 radical (unpaired) electrons. The van der Waals surface area contributed by atoms with E-state index in [1.54, 1.807) is 0 Å². The molecule has 0 N–H and O–H groups in total. The molecule has 1 spiro atoms. The van der Waals surface area contributed by atoms with Gasteiger partial charge in [-0.05, 0) is 31.0 Å². The van der Waals surface area contributed by atoms with Gasteiger partial charge in [0.15, 0.2) is 0 Å². The second kappa shape index (κ2) is 7.62. The molecule has 2 aromatic rings. The minimum absolute atomic E-state index is 0.0279. The Labute approximate surface area is 183 Å². The third kappa shape index (κ3) is 3.16. The first-order valence-corrected chi connectivity index (χ1v) is 11.5. The molecule has 1 saturated carbocycles. The third-order valence-corrected chi connectivity index (χ3v) is 7.19. The molecule has 0 aromatic heterocycles. The first kappa shape index (κ1) is 19.3. The van der Waals surface area contributed by atoms with Crippen molar-refractivity contribution in [2.24, 2.45) is 0 Å². The van der Waals surface area contributed by atoms with E-state index in [4.69, 9.17) is 9.47 Å². The first-order valence-electron chi connectivity index (χ1n) is 11.5. The van der Waals surface area contributed by atoms with E-state index in [0.717, 1.165) is 63.1 Å². The van der Waals surface area contributed by atoms with Gasteiger partial charge < -0.3 is 14.4 Å². The normalized spacial score (nSPS) is 30.6. The van der Waals surface area contributed by atoms with Crippen molar-refractivity contribution >= 4 is 17.3 Å². The molecular weight excluding hydrogens is 390 g/mol. The van der Waals surface area contributed by atoms with Crippen LogP contribution < -0.4 is 9.80 Å². The topological polar surface area (TPSA) is 45.3 Å². The largest absolute Gasteiger partial charge is 0.369 e. The Morgan fingerprint density at radius 1 is 0.839 bits per heavy atom. The number of hydrogen-bond donors (Lipinski definition) is 0. The Balaban J connectivity index is 1.20. The van der Waals surface area contributed by atoms with E-state index in [1.165, 1.54) is 5.69 Å². The summed E-state index contributed by atoms with van der Waals surface area (Å²) in [6.45, 7) is 4.32. The van der Waals surface area contributed by atoms with Crippen LogP contribution in [0.4, 0.5) is 11.4 Å². The molecule has 6 nitrogen and oxygen atoms in total. The lowest BCUT2D eigenvalue weighted by Crippen LogP contribution is -2.52. The lowest BCUT2D eigenvalue weighted by Gasteiger charge is -2.38. The van der Waals surface area contributed by atoms with Crippen molar-refractivity contribution < 1.29 is 14.3 Å². The predicted octanol–water partition coefficient (Wildman–Crippen LogP) is 3.32. The average Bonchev–Trinajstić information content (AvgIpc) is 3.33. The number of fused-ring (bicyclic) bond motifs is 3. The molecule has 1 amide bonds. The van der Waals surface area contributed by atoms with Gasteiger partial charge in [0.05, 0.1) is 24.6 Å². The Hall–Kier alpha value is -2.41. The summed E-state index contributed by atoms with van der Waals surface area (Å²) >= 11 is 0. The van der Waals surface area contributed by atoms with Gasteiger partial charge in [0.25, 0.3) is 11.7 Å². The highest BCUT2D eigenvalue weighted by Gasteiger charge is 2.61. The molecule has 0 bridgehead atoms. The molecule has 3 aliphatic heterocycles. The van der Waals surface area contributed by atoms with Crippen LogP contribution in [0.1, 0.15) is 31.2 Å². The van der Waals surface area contributed by atoms with Crippen molar-refractivity contribution in [3.05, 3.63) is 60.2 Å². The zero-order valence-electron chi connectivity index (χ0n) is 17.8. The smallest absolute Gasteiger partial charge is 0.293 e. The monoisotopic (exact) mass is 419 g/mol. The van der Waals surface area contributed by atoms with Crippen LogP contribution >= 0.6 is 0 Å². The molecule has 6 heteroatoms. The predicted molar refractivity (Wildman–Crippen MR) is 119 cm³/mol. The number of anilines is 2. The number of carbonyl (C=O) groups excluding carboxylic acids is 1. The van der Waals surface area contributed by atoms with Crippen molar-refractivity contribution in [3.8, 4) is 0 Å². The molecule has 162 valence electrons. The highest BCUT2D eigenvalue weighted by molar-refractivity contribution is 6.06. The molecule has 4 aliphatic rings. The van der Waals surface area contributed by atoms with E-state index in [-0.39, 0.29) is 18.1 Å². The maximum absolute atomic E-state index is 13.7. The van der Waals surface area contributed by atoms with Crippen molar-refractivity contribution in [1.82, 2.24) is 4.90 Å². The van der Waals surface area contributed by atoms with Gasteiger partial charge in [0, 0.05) is 37.4 Å². The minimum Gasteiger partial charge on any atom is -0.369 e. The Bertz CT molecular complexity index is 943. The van der Waals surface area contributed by atoms with Crippen molar-refractivity contribution in [1.29, 1.82) is 0 Å². The molecule has 2 saturated heterocycles. The first-order chi connectivity index (χ1) is 15.2. The number of carbonyl (C=O) groups is 1. The summed E-state index contributed by atoms with van der Waals surface area (Å²) in [6.07, 6.45) is 4.30. The lowest BCUT2D eigenvalue weighted by molar-refractivity contribution is -0.190. The quantitative estimate of drug-likeness (QED) is 0.764. The summed E-state index contributed by atoms with van der Waals surface area (Å²) in [4.78, 5) is 20.4. The summed E-state index contributed by atoms with van der Waals surface area (Å²) in [5, 5.41) is 0. The average molecular weight is 420 g/mol. The molecule has 3 fully saturated rings. The summed E-state index contributed by atoms with van der Waals surface area (Å²) < 4.78 is 12.8. The van der Waals surface area contributed by atoms with Crippen LogP contribution in [0.25, 0.3) is 0 Å². The fourth-order valence-corrected chi connectivity index (χ4v) is 5.53.